The van der Waals surface area contributed by atoms with Gasteiger partial charge in [-0.2, -0.15) is 0 Å². The Morgan fingerprint density at radius 1 is 0.808 bits per heavy atom. The Morgan fingerprint density at radius 2 is 1.42 bits per heavy atom. The zero-order valence-electron chi connectivity index (χ0n) is 13.6. The van der Waals surface area contributed by atoms with Crippen molar-refractivity contribution in [1.29, 1.82) is 0 Å². The molecule has 0 aliphatic carbocycles. The first-order chi connectivity index (χ1) is 12.4. The molecule has 8 heteroatoms. The van der Waals surface area contributed by atoms with Gasteiger partial charge in [0, 0.05) is 6.54 Å². The molecule has 136 valence electrons. The van der Waals surface area contributed by atoms with Crippen LogP contribution in [0.25, 0.3) is 0 Å². The first-order valence-corrected chi connectivity index (χ1v) is 11.7. The summed E-state index contributed by atoms with van der Waals surface area (Å²) < 4.78 is 53.6. The lowest BCUT2D eigenvalue weighted by Gasteiger charge is -2.19. The SMILES string of the molecule is O=S(=O)(NC[C@H](c1ccccc1)S(=O)(=O)c1ccccc1)c1cccs1. The third-order valence-electron chi connectivity index (χ3n) is 3.84. The molecule has 26 heavy (non-hydrogen) atoms. The van der Waals surface area contributed by atoms with Crippen LogP contribution in [-0.4, -0.2) is 23.4 Å². The van der Waals surface area contributed by atoms with Crippen molar-refractivity contribution in [3.8, 4) is 0 Å². The average molecular weight is 408 g/mol. The fourth-order valence-electron chi connectivity index (χ4n) is 2.52. The van der Waals surface area contributed by atoms with Crippen LogP contribution in [0.15, 0.2) is 87.3 Å². The van der Waals surface area contributed by atoms with Crippen molar-refractivity contribution >= 4 is 31.2 Å². The zero-order valence-corrected chi connectivity index (χ0v) is 16.1. The molecule has 0 radical (unpaired) electrons. The van der Waals surface area contributed by atoms with E-state index in [0.717, 1.165) is 11.3 Å². The average Bonchev–Trinajstić information content (AvgIpc) is 3.19. The Balaban J connectivity index is 1.95. The van der Waals surface area contributed by atoms with E-state index in [1.165, 1.54) is 18.2 Å². The fourth-order valence-corrected chi connectivity index (χ4v) is 6.40. The van der Waals surface area contributed by atoms with Gasteiger partial charge in [0.2, 0.25) is 10.0 Å². The number of sulfone groups is 1. The van der Waals surface area contributed by atoms with Crippen molar-refractivity contribution in [3.63, 3.8) is 0 Å². The quantitative estimate of drug-likeness (QED) is 0.652. The van der Waals surface area contributed by atoms with Gasteiger partial charge in [-0.3, -0.25) is 0 Å². The van der Waals surface area contributed by atoms with Crippen LogP contribution in [0.4, 0.5) is 0 Å². The molecular formula is C18H17NO4S3. The Hall–Kier alpha value is -2.00. The molecule has 0 bridgehead atoms. The summed E-state index contributed by atoms with van der Waals surface area (Å²) in [6, 6.07) is 19.8. The van der Waals surface area contributed by atoms with E-state index in [9.17, 15) is 16.8 Å². The maximum atomic E-state index is 13.1. The van der Waals surface area contributed by atoms with E-state index < -0.39 is 25.1 Å². The van der Waals surface area contributed by atoms with E-state index in [4.69, 9.17) is 0 Å². The first-order valence-electron chi connectivity index (χ1n) is 7.78. The van der Waals surface area contributed by atoms with E-state index in [2.05, 4.69) is 4.72 Å². The summed E-state index contributed by atoms with van der Waals surface area (Å²) in [5, 5.41) is 0.630. The molecule has 0 unspecified atom stereocenters. The Labute approximate surface area is 157 Å². The monoisotopic (exact) mass is 407 g/mol. The van der Waals surface area contributed by atoms with E-state index in [0.29, 0.717) is 5.56 Å². The first kappa shape index (κ1) is 18.8. The van der Waals surface area contributed by atoms with E-state index in [-0.39, 0.29) is 15.6 Å². The van der Waals surface area contributed by atoms with Crippen molar-refractivity contribution < 1.29 is 16.8 Å². The molecule has 0 saturated heterocycles. The van der Waals surface area contributed by atoms with Crippen LogP contribution < -0.4 is 4.72 Å². The third kappa shape index (κ3) is 4.04. The number of benzene rings is 2. The molecule has 0 fully saturated rings. The van der Waals surface area contributed by atoms with Gasteiger partial charge in [-0.05, 0) is 29.1 Å². The smallest absolute Gasteiger partial charge is 0.223 e. The van der Waals surface area contributed by atoms with Gasteiger partial charge in [-0.15, -0.1) is 11.3 Å². The van der Waals surface area contributed by atoms with Gasteiger partial charge in [0.15, 0.2) is 9.84 Å². The summed E-state index contributed by atoms with van der Waals surface area (Å²) in [5.41, 5.74) is 0.533. The molecule has 1 aromatic heterocycles. The predicted molar refractivity (Wildman–Crippen MR) is 102 cm³/mol. The van der Waals surface area contributed by atoms with Gasteiger partial charge in [0.05, 0.1) is 4.90 Å². The van der Waals surface area contributed by atoms with Gasteiger partial charge in [-0.25, -0.2) is 21.6 Å². The van der Waals surface area contributed by atoms with E-state index >= 15 is 0 Å². The van der Waals surface area contributed by atoms with Gasteiger partial charge in [-0.1, -0.05) is 54.6 Å². The number of nitrogens with one attached hydrogen (secondary N) is 1. The predicted octanol–water partition coefficient (Wildman–Crippen LogP) is 3.24. The summed E-state index contributed by atoms with van der Waals surface area (Å²) in [7, 11) is -7.53. The second-order valence-corrected chi connectivity index (χ2v) is 10.6. The highest BCUT2D eigenvalue weighted by Gasteiger charge is 2.30. The van der Waals surface area contributed by atoms with Crippen molar-refractivity contribution in [2.75, 3.05) is 6.54 Å². The van der Waals surface area contributed by atoms with Gasteiger partial charge in [0.1, 0.15) is 9.46 Å². The molecule has 0 aliphatic rings. The lowest BCUT2D eigenvalue weighted by Crippen LogP contribution is -2.31. The molecule has 5 nitrogen and oxygen atoms in total. The molecule has 3 aromatic rings. The number of thiophene rings is 1. The summed E-state index contributed by atoms with van der Waals surface area (Å²) in [4.78, 5) is 0.157. The number of hydrogen-bond acceptors (Lipinski definition) is 5. The minimum atomic E-state index is -3.77. The van der Waals surface area contributed by atoms with Crippen molar-refractivity contribution in [3.05, 3.63) is 83.7 Å². The van der Waals surface area contributed by atoms with Crippen LogP contribution in [0.1, 0.15) is 10.8 Å². The number of rotatable bonds is 7. The summed E-state index contributed by atoms with van der Waals surface area (Å²) in [6.07, 6.45) is 0. The lowest BCUT2D eigenvalue weighted by molar-refractivity contribution is 0.570. The molecule has 2 aromatic carbocycles. The maximum Gasteiger partial charge on any atom is 0.250 e. The maximum absolute atomic E-state index is 13.1. The highest BCUT2D eigenvalue weighted by molar-refractivity contribution is 7.92. The fraction of sp³-hybridized carbons (Fsp3) is 0.111. The lowest BCUT2D eigenvalue weighted by atomic mass is 10.1. The summed E-state index contributed by atoms with van der Waals surface area (Å²) in [6.45, 7) is -0.249. The Morgan fingerprint density at radius 3 is 2.00 bits per heavy atom. The zero-order chi connectivity index (χ0) is 18.6. The minimum absolute atomic E-state index is 0.154. The standard InChI is InChI=1S/C18H17NO4S3/c20-25(21,16-10-5-2-6-11-16)17(15-8-3-1-4-9-15)14-19-26(22,23)18-12-7-13-24-18/h1-13,17,19H,14H2/t17-/m1/s1. The molecular weight excluding hydrogens is 390 g/mol. The van der Waals surface area contributed by atoms with Crippen LogP contribution in [0.5, 0.6) is 0 Å². The topological polar surface area (TPSA) is 80.3 Å². The van der Waals surface area contributed by atoms with Crippen molar-refractivity contribution in [1.82, 2.24) is 4.72 Å². The van der Waals surface area contributed by atoms with E-state index in [1.54, 1.807) is 60.0 Å². The molecule has 3 rings (SSSR count). The van der Waals surface area contributed by atoms with Gasteiger partial charge in [0.25, 0.3) is 0 Å². The van der Waals surface area contributed by atoms with Crippen molar-refractivity contribution in [2.45, 2.75) is 14.4 Å². The molecule has 1 atom stereocenters. The van der Waals surface area contributed by atoms with Gasteiger partial charge >= 0.3 is 0 Å². The van der Waals surface area contributed by atoms with Gasteiger partial charge < -0.3 is 0 Å². The second kappa shape index (κ2) is 7.71. The van der Waals surface area contributed by atoms with Crippen LogP contribution in [0.2, 0.25) is 0 Å². The summed E-state index contributed by atoms with van der Waals surface area (Å²) in [5.74, 6) is 0. The molecule has 1 heterocycles. The molecule has 0 spiro atoms. The van der Waals surface area contributed by atoms with Crippen molar-refractivity contribution in [2.24, 2.45) is 0 Å². The number of hydrogen-bond donors (Lipinski definition) is 1. The van der Waals surface area contributed by atoms with Crippen LogP contribution in [-0.2, 0) is 19.9 Å². The van der Waals surface area contributed by atoms with E-state index in [1.807, 2.05) is 0 Å². The molecule has 0 aliphatic heterocycles. The number of sulfonamides is 1. The largest absolute Gasteiger partial charge is 0.250 e. The highest BCUT2D eigenvalue weighted by Crippen LogP contribution is 2.29. The normalized spacial score (nSPS) is 13.4. The minimum Gasteiger partial charge on any atom is -0.223 e. The second-order valence-electron chi connectivity index (χ2n) is 5.54. The van der Waals surface area contributed by atoms with Crippen LogP contribution >= 0.6 is 11.3 Å². The highest BCUT2D eigenvalue weighted by atomic mass is 32.2. The molecule has 0 saturated carbocycles. The summed E-state index contributed by atoms with van der Waals surface area (Å²) >= 11 is 1.08. The third-order valence-corrected chi connectivity index (χ3v) is 8.77. The van der Waals surface area contributed by atoms with Crippen LogP contribution in [0, 0.1) is 0 Å². The molecule has 0 amide bonds. The Bertz CT molecular complexity index is 1050. The molecule has 1 N–H and O–H groups in total. The van der Waals surface area contributed by atoms with Crippen LogP contribution in [0.3, 0.4) is 0 Å². The Kier molecular flexibility index (Phi) is 5.57.